The third-order valence-electron chi connectivity index (χ3n) is 2.84. The van der Waals surface area contributed by atoms with Gasteiger partial charge in [0.05, 0.1) is 6.04 Å². The van der Waals surface area contributed by atoms with E-state index in [0.717, 1.165) is 20.9 Å². The highest BCUT2D eigenvalue weighted by Gasteiger charge is 2.12. The molecule has 19 heavy (non-hydrogen) atoms. The molecule has 2 aromatic rings. The van der Waals surface area contributed by atoms with Gasteiger partial charge in [-0.05, 0) is 47.9 Å². The molecule has 100 valence electrons. The van der Waals surface area contributed by atoms with Gasteiger partial charge < -0.3 is 0 Å². The van der Waals surface area contributed by atoms with E-state index in [0.29, 0.717) is 5.02 Å². The second-order valence-electron chi connectivity index (χ2n) is 4.25. The summed E-state index contributed by atoms with van der Waals surface area (Å²) in [5.41, 5.74) is 5.12. The molecule has 0 bridgehead atoms. The van der Waals surface area contributed by atoms with Crippen molar-refractivity contribution in [3.63, 3.8) is 0 Å². The first kappa shape index (κ1) is 15.0. The van der Waals surface area contributed by atoms with E-state index in [2.05, 4.69) is 49.4 Å². The zero-order valence-electron chi connectivity index (χ0n) is 10.0. The van der Waals surface area contributed by atoms with Crippen molar-refractivity contribution >= 4 is 43.5 Å². The Balaban J connectivity index is 2.22. The topological polar surface area (TPSA) is 38.0 Å². The molecule has 2 aromatic carbocycles. The van der Waals surface area contributed by atoms with Crippen LogP contribution in [0.15, 0.2) is 51.4 Å². The highest BCUT2D eigenvalue weighted by atomic mass is 79.9. The molecule has 1 atom stereocenters. The van der Waals surface area contributed by atoms with E-state index in [1.165, 1.54) is 5.56 Å². The summed E-state index contributed by atoms with van der Waals surface area (Å²) < 4.78 is 2.02. The Labute approximate surface area is 134 Å². The molecule has 1 unspecified atom stereocenters. The van der Waals surface area contributed by atoms with E-state index in [-0.39, 0.29) is 6.04 Å². The lowest BCUT2D eigenvalue weighted by molar-refractivity contribution is 0.552. The Morgan fingerprint density at radius 3 is 2.32 bits per heavy atom. The van der Waals surface area contributed by atoms with Gasteiger partial charge in [-0.3, -0.25) is 11.3 Å². The van der Waals surface area contributed by atoms with Crippen LogP contribution in [-0.4, -0.2) is 0 Å². The molecule has 0 aliphatic rings. The number of hydrogen-bond acceptors (Lipinski definition) is 2. The van der Waals surface area contributed by atoms with E-state index in [4.69, 9.17) is 17.4 Å². The maximum Gasteiger partial charge on any atom is 0.0501 e. The second kappa shape index (κ2) is 6.86. The Morgan fingerprint density at radius 1 is 1.05 bits per heavy atom. The summed E-state index contributed by atoms with van der Waals surface area (Å²) in [6, 6.07) is 14.0. The predicted molar refractivity (Wildman–Crippen MR) is 87.1 cm³/mol. The van der Waals surface area contributed by atoms with Gasteiger partial charge in [-0.2, -0.15) is 0 Å². The van der Waals surface area contributed by atoms with Crippen LogP contribution < -0.4 is 11.3 Å². The first-order chi connectivity index (χ1) is 9.08. The van der Waals surface area contributed by atoms with Crippen LogP contribution in [0, 0.1) is 0 Å². The minimum Gasteiger partial charge on any atom is -0.271 e. The SMILES string of the molecule is NNC(Cc1ccc(Br)cc1)c1cc(Cl)cc(Br)c1. The van der Waals surface area contributed by atoms with Crippen LogP contribution in [0.4, 0.5) is 0 Å². The van der Waals surface area contributed by atoms with Crippen LogP contribution in [0.5, 0.6) is 0 Å². The van der Waals surface area contributed by atoms with Crippen LogP contribution in [0.3, 0.4) is 0 Å². The fourth-order valence-electron chi connectivity index (χ4n) is 1.91. The summed E-state index contributed by atoms with van der Waals surface area (Å²) >= 11 is 12.9. The average molecular weight is 405 g/mol. The van der Waals surface area contributed by atoms with Gasteiger partial charge in [0.1, 0.15) is 0 Å². The van der Waals surface area contributed by atoms with Gasteiger partial charge in [0.2, 0.25) is 0 Å². The van der Waals surface area contributed by atoms with Crippen LogP contribution in [0.1, 0.15) is 17.2 Å². The largest absolute Gasteiger partial charge is 0.271 e. The first-order valence-electron chi connectivity index (χ1n) is 5.75. The fraction of sp³-hybridized carbons (Fsp3) is 0.143. The molecule has 0 aliphatic heterocycles. The summed E-state index contributed by atoms with van der Waals surface area (Å²) in [4.78, 5) is 0. The summed E-state index contributed by atoms with van der Waals surface area (Å²) in [7, 11) is 0. The smallest absolute Gasteiger partial charge is 0.0501 e. The highest BCUT2D eigenvalue weighted by molar-refractivity contribution is 9.10. The van der Waals surface area contributed by atoms with Gasteiger partial charge >= 0.3 is 0 Å². The zero-order valence-corrected chi connectivity index (χ0v) is 14.0. The molecule has 0 fully saturated rings. The van der Waals surface area contributed by atoms with Crippen molar-refractivity contribution in [2.24, 2.45) is 5.84 Å². The Bertz CT molecular complexity index is 538. The molecule has 5 heteroatoms. The summed E-state index contributed by atoms with van der Waals surface area (Å²) in [6.07, 6.45) is 0.802. The van der Waals surface area contributed by atoms with Gasteiger partial charge in [0, 0.05) is 14.0 Å². The van der Waals surface area contributed by atoms with Crippen molar-refractivity contribution in [3.05, 3.63) is 67.6 Å². The van der Waals surface area contributed by atoms with Crippen molar-refractivity contribution < 1.29 is 0 Å². The molecule has 0 aromatic heterocycles. The maximum absolute atomic E-state index is 6.07. The van der Waals surface area contributed by atoms with Gasteiger partial charge in [0.15, 0.2) is 0 Å². The molecule has 2 rings (SSSR count). The number of hydrogen-bond donors (Lipinski definition) is 2. The number of rotatable bonds is 4. The number of nitrogens with one attached hydrogen (secondary N) is 1. The van der Waals surface area contributed by atoms with E-state index < -0.39 is 0 Å². The molecule has 0 saturated heterocycles. The lowest BCUT2D eigenvalue weighted by Crippen LogP contribution is -2.29. The molecule has 2 nitrogen and oxygen atoms in total. The van der Waals surface area contributed by atoms with Crippen LogP contribution in [0.25, 0.3) is 0 Å². The lowest BCUT2D eigenvalue weighted by atomic mass is 9.99. The molecule has 0 heterocycles. The van der Waals surface area contributed by atoms with Crippen LogP contribution >= 0.6 is 43.5 Å². The predicted octanol–water partition coefficient (Wildman–Crippen LogP) is 4.61. The second-order valence-corrected chi connectivity index (χ2v) is 6.52. The normalized spacial score (nSPS) is 12.4. The molecular formula is C14H13Br2ClN2. The first-order valence-corrected chi connectivity index (χ1v) is 7.71. The van der Waals surface area contributed by atoms with Gasteiger partial charge in [-0.1, -0.05) is 55.6 Å². The van der Waals surface area contributed by atoms with E-state index >= 15 is 0 Å². The summed E-state index contributed by atoms with van der Waals surface area (Å²) in [5, 5.41) is 0.695. The monoisotopic (exact) mass is 402 g/mol. The molecule has 0 aliphatic carbocycles. The molecule has 0 spiro atoms. The number of nitrogens with two attached hydrogens (primary N) is 1. The maximum atomic E-state index is 6.07. The fourth-order valence-corrected chi connectivity index (χ4v) is 3.06. The van der Waals surface area contributed by atoms with E-state index in [1.54, 1.807) is 0 Å². The Hall–Kier alpha value is -0.390. The van der Waals surface area contributed by atoms with Crippen molar-refractivity contribution in [2.75, 3.05) is 0 Å². The third-order valence-corrected chi connectivity index (χ3v) is 4.05. The molecule has 0 amide bonds. The van der Waals surface area contributed by atoms with E-state index in [1.807, 2.05) is 30.3 Å². The Morgan fingerprint density at radius 2 is 1.74 bits per heavy atom. The standard InChI is InChI=1S/C14H13Br2ClN2/c15-11-3-1-9(2-4-11)5-14(19-18)10-6-12(16)8-13(17)7-10/h1-4,6-8,14,19H,5,18H2. The van der Waals surface area contributed by atoms with Crippen LogP contribution in [0.2, 0.25) is 5.02 Å². The minimum absolute atomic E-state index is 0.0242. The van der Waals surface area contributed by atoms with Gasteiger partial charge in [-0.15, -0.1) is 0 Å². The van der Waals surface area contributed by atoms with Gasteiger partial charge in [0.25, 0.3) is 0 Å². The third kappa shape index (κ3) is 4.29. The quantitative estimate of drug-likeness (QED) is 0.577. The molecule has 0 saturated carbocycles. The summed E-state index contributed by atoms with van der Waals surface area (Å²) in [5.74, 6) is 5.67. The highest BCUT2D eigenvalue weighted by Crippen LogP contribution is 2.26. The van der Waals surface area contributed by atoms with Crippen LogP contribution in [-0.2, 0) is 6.42 Å². The number of hydrazine groups is 1. The number of halogens is 3. The van der Waals surface area contributed by atoms with Crippen molar-refractivity contribution in [1.29, 1.82) is 0 Å². The average Bonchev–Trinajstić information content (AvgIpc) is 2.37. The van der Waals surface area contributed by atoms with E-state index in [9.17, 15) is 0 Å². The Kier molecular flexibility index (Phi) is 5.42. The van der Waals surface area contributed by atoms with Gasteiger partial charge in [-0.25, -0.2) is 0 Å². The van der Waals surface area contributed by atoms with Crippen molar-refractivity contribution in [1.82, 2.24) is 5.43 Å². The molecule has 0 radical (unpaired) electrons. The van der Waals surface area contributed by atoms with Crippen molar-refractivity contribution in [3.8, 4) is 0 Å². The lowest BCUT2D eigenvalue weighted by Gasteiger charge is -2.17. The van der Waals surface area contributed by atoms with Crippen molar-refractivity contribution in [2.45, 2.75) is 12.5 Å². The summed E-state index contributed by atoms with van der Waals surface area (Å²) in [6.45, 7) is 0. The zero-order chi connectivity index (χ0) is 13.8. The molecule has 3 N–H and O–H groups in total. The number of benzene rings is 2. The molecular weight excluding hydrogens is 391 g/mol. The minimum atomic E-state index is 0.0242.